The first-order valence-electron chi connectivity index (χ1n) is 1.72. The Labute approximate surface area is 51.2 Å². The summed E-state index contributed by atoms with van der Waals surface area (Å²) in [5.41, 5.74) is 0. The molecule has 2 nitrogen and oxygen atoms in total. The molecular formula is C3H5NOS2. The van der Waals surface area contributed by atoms with Crippen LogP contribution >= 0.6 is 22.5 Å². The molecule has 0 N–H and O–H groups in total. The minimum atomic E-state index is 0.525. The molecule has 0 aliphatic rings. The topological polar surface area (TPSA) is 29.4 Å². The van der Waals surface area contributed by atoms with Crippen LogP contribution in [0.5, 0.6) is 0 Å². The molecule has 0 bridgehead atoms. The van der Waals surface area contributed by atoms with Crippen molar-refractivity contribution in [2.24, 2.45) is 4.99 Å². The molecule has 0 aliphatic carbocycles. The second-order valence-electron chi connectivity index (χ2n) is 0.806. The number of nitrogens with zero attached hydrogens (tertiary/aromatic N) is 1. The molecule has 0 heterocycles. The second kappa shape index (κ2) is 6.08. The van der Waals surface area contributed by atoms with Crippen molar-refractivity contribution in [2.45, 2.75) is 0 Å². The lowest BCUT2D eigenvalue weighted by Crippen LogP contribution is -1.78. The minimum absolute atomic E-state index is 0.525. The Hall–Kier alpha value is 0.0800. The summed E-state index contributed by atoms with van der Waals surface area (Å²) in [4.78, 5) is 12.6. The lowest BCUT2D eigenvalue weighted by Gasteiger charge is -1.80. The minimum Gasteiger partial charge on any atom is -0.211 e. The highest BCUT2D eigenvalue weighted by molar-refractivity contribution is 8.68. The molecule has 0 aromatic carbocycles. The molecule has 0 radical (unpaired) electrons. The normalized spacial score (nSPS) is 7.57. The van der Waals surface area contributed by atoms with Crippen molar-refractivity contribution in [3.05, 3.63) is 0 Å². The van der Waals surface area contributed by atoms with Gasteiger partial charge in [-0.15, -0.1) is 11.7 Å². The number of aliphatic imine (C=N–C) groups is 1. The first-order chi connectivity index (χ1) is 3.41. The molecule has 0 unspecified atom stereocenters. The number of rotatable bonds is 3. The summed E-state index contributed by atoms with van der Waals surface area (Å²) in [6, 6.07) is 0. The Balaban J connectivity index is 2.83. The fraction of sp³-hybridized carbons (Fsp3) is 0.667. The quantitative estimate of drug-likeness (QED) is 0.205. The van der Waals surface area contributed by atoms with E-state index in [2.05, 4.69) is 16.7 Å². The van der Waals surface area contributed by atoms with Crippen LogP contribution in [-0.4, -0.2) is 18.4 Å². The molecule has 0 rings (SSSR count). The highest BCUT2D eigenvalue weighted by Crippen LogP contribution is 2.01. The van der Waals surface area contributed by atoms with Crippen LogP contribution in [0.3, 0.4) is 0 Å². The van der Waals surface area contributed by atoms with Crippen molar-refractivity contribution in [3.8, 4) is 0 Å². The predicted molar refractivity (Wildman–Crippen MR) is 34.4 cm³/mol. The summed E-state index contributed by atoms with van der Waals surface area (Å²) < 4.78 is 0. The molecule has 0 spiro atoms. The standard InChI is InChI=1S/C3H5NOS2/c5-3-4-1-2-7-6/h6H,1-2H2. The van der Waals surface area contributed by atoms with Crippen molar-refractivity contribution in [2.75, 3.05) is 12.3 Å². The monoisotopic (exact) mass is 135 g/mol. The molecule has 4 heteroatoms. The van der Waals surface area contributed by atoms with E-state index < -0.39 is 0 Å². The van der Waals surface area contributed by atoms with Gasteiger partial charge in [0.15, 0.2) is 0 Å². The third kappa shape index (κ3) is 6.08. The van der Waals surface area contributed by atoms with Gasteiger partial charge in [-0.3, -0.25) is 0 Å². The van der Waals surface area contributed by atoms with Gasteiger partial charge in [-0.05, 0) is 0 Å². The Morgan fingerprint density at radius 1 is 1.86 bits per heavy atom. The number of thiol groups is 1. The van der Waals surface area contributed by atoms with E-state index in [1.165, 1.54) is 16.9 Å². The van der Waals surface area contributed by atoms with Crippen LogP contribution in [0.1, 0.15) is 0 Å². The molecule has 0 saturated heterocycles. The van der Waals surface area contributed by atoms with Crippen molar-refractivity contribution in [1.82, 2.24) is 0 Å². The van der Waals surface area contributed by atoms with Gasteiger partial charge in [-0.2, -0.15) is 0 Å². The number of isocyanates is 1. The Kier molecular flexibility index (Phi) is 6.15. The molecular weight excluding hydrogens is 130 g/mol. The largest absolute Gasteiger partial charge is 0.234 e. The molecule has 0 fully saturated rings. The first kappa shape index (κ1) is 7.08. The van der Waals surface area contributed by atoms with Crippen molar-refractivity contribution in [1.29, 1.82) is 0 Å². The summed E-state index contributed by atoms with van der Waals surface area (Å²) >= 11 is 3.82. The Morgan fingerprint density at radius 3 is 3.00 bits per heavy atom. The van der Waals surface area contributed by atoms with Crippen LogP contribution in [0.4, 0.5) is 0 Å². The van der Waals surface area contributed by atoms with Crippen LogP contribution in [0.2, 0.25) is 0 Å². The SMILES string of the molecule is O=C=NCCSS. The molecule has 7 heavy (non-hydrogen) atoms. The Morgan fingerprint density at radius 2 is 2.57 bits per heavy atom. The van der Waals surface area contributed by atoms with Gasteiger partial charge < -0.3 is 0 Å². The fourth-order valence-corrected chi connectivity index (χ4v) is 0.550. The van der Waals surface area contributed by atoms with Gasteiger partial charge in [0.1, 0.15) is 0 Å². The Bertz CT molecular complexity index is 79.0. The van der Waals surface area contributed by atoms with E-state index in [4.69, 9.17) is 0 Å². The van der Waals surface area contributed by atoms with Gasteiger partial charge in [0.2, 0.25) is 6.08 Å². The summed E-state index contributed by atoms with van der Waals surface area (Å²) in [5.74, 6) is 0.776. The summed E-state index contributed by atoms with van der Waals surface area (Å²) in [6.07, 6.45) is 1.43. The second-order valence-corrected chi connectivity index (χ2v) is 2.25. The summed E-state index contributed by atoms with van der Waals surface area (Å²) in [6.45, 7) is 0.525. The molecule has 0 saturated carbocycles. The van der Waals surface area contributed by atoms with Crippen molar-refractivity contribution in [3.63, 3.8) is 0 Å². The highest BCUT2D eigenvalue weighted by atomic mass is 33.1. The van der Waals surface area contributed by atoms with Gasteiger partial charge in [0, 0.05) is 5.75 Å². The van der Waals surface area contributed by atoms with Crippen molar-refractivity contribution < 1.29 is 4.79 Å². The van der Waals surface area contributed by atoms with E-state index in [0.717, 1.165) is 5.75 Å². The van der Waals surface area contributed by atoms with E-state index in [1.54, 1.807) is 0 Å². The maximum Gasteiger partial charge on any atom is 0.234 e. The van der Waals surface area contributed by atoms with Crippen LogP contribution < -0.4 is 0 Å². The van der Waals surface area contributed by atoms with Gasteiger partial charge >= 0.3 is 0 Å². The third-order valence-electron chi connectivity index (χ3n) is 0.359. The summed E-state index contributed by atoms with van der Waals surface area (Å²) in [5, 5.41) is 0. The zero-order valence-corrected chi connectivity index (χ0v) is 5.34. The predicted octanol–water partition coefficient (Wildman–Crippen LogP) is 0.900. The zero-order chi connectivity index (χ0) is 5.54. The lowest BCUT2D eigenvalue weighted by atomic mass is 10.8. The van der Waals surface area contributed by atoms with Crippen LogP contribution in [-0.2, 0) is 4.79 Å². The molecule has 40 valence electrons. The van der Waals surface area contributed by atoms with Crippen LogP contribution in [0.15, 0.2) is 4.99 Å². The molecule has 0 atom stereocenters. The molecule has 0 aromatic rings. The van der Waals surface area contributed by atoms with Gasteiger partial charge in [0.25, 0.3) is 0 Å². The molecule has 0 amide bonds. The first-order valence-corrected chi connectivity index (χ1v) is 3.75. The van der Waals surface area contributed by atoms with Gasteiger partial charge in [0.05, 0.1) is 6.54 Å². The fourth-order valence-electron chi connectivity index (χ4n) is 0.132. The summed E-state index contributed by atoms with van der Waals surface area (Å²) in [7, 11) is 1.36. The number of hydrogen-bond donors (Lipinski definition) is 1. The molecule has 0 aromatic heterocycles. The van der Waals surface area contributed by atoms with Gasteiger partial charge in [-0.25, -0.2) is 9.79 Å². The van der Waals surface area contributed by atoms with Gasteiger partial charge in [-0.1, -0.05) is 10.8 Å². The van der Waals surface area contributed by atoms with E-state index >= 15 is 0 Å². The van der Waals surface area contributed by atoms with E-state index in [0.29, 0.717) is 6.54 Å². The van der Waals surface area contributed by atoms with E-state index in [9.17, 15) is 4.79 Å². The maximum atomic E-state index is 9.35. The smallest absolute Gasteiger partial charge is 0.211 e. The average molecular weight is 135 g/mol. The maximum absolute atomic E-state index is 9.35. The zero-order valence-electron chi connectivity index (χ0n) is 3.63. The van der Waals surface area contributed by atoms with Crippen molar-refractivity contribution >= 4 is 28.5 Å². The van der Waals surface area contributed by atoms with E-state index in [-0.39, 0.29) is 0 Å². The highest BCUT2D eigenvalue weighted by Gasteiger charge is 1.75. The van der Waals surface area contributed by atoms with E-state index in [1.807, 2.05) is 0 Å². The van der Waals surface area contributed by atoms with Crippen LogP contribution in [0, 0.1) is 0 Å². The molecule has 0 aliphatic heterocycles. The lowest BCUT2D eigenvalue weighted by molar-refractivity contribution is 0.563. The number of hydrogen-bond acceptors (Lipinski definition) is 4. The average Bonchev–Trinajstić information content (AvgIpc) is 1.69. The number of carbonyl (C=O) groups excluding carboxylic acids is 1. The third-order valence-corrected chi connectivity index (χ3v) is 1.27. The van der Waals surface area contributed by atoms with Crippen LogP contribution in [0.25, 0.3) is 0 Å².